The van der Waals surface area contributed by atoms with E-state index >= 15 is 0 Å². The van der Waals surface area contributed by atoms with E-state index in [1.165, 1.54) is 11.3 Å². The standard InChI is InChI=1S/C14H25N3O2S2/c1-3-7-15-8-6-13-4-5-14(20-13)21(18,19)17-11-9-16(2)10-12-17/h4-5,15H,3,6-12H2,1-2H3. The van der Waals surface area contributed by atoms with Crippen molar-refractivity contribution in [2.24, 2.45) is 0 Å². The lowest BCUT2D eigenvalue weighted by Crippen LogP contribution is -2.46. The van der Waals surface area contributed by atoms with Crippen LogP contribution in [0.15, 0.2) is 16.3 Å². The second-order valence-electron chi connectivity index (χ2n) is 5.43. The Morgan fingerprint density at radius 2 is 1.90 bits per heavy atom. The summed E-state index contributed by atoms with van der Waals surface area (Å²) in [6.45, 7) is 6.84. The topological polar surface area (TPSA) is 52.7 Å². The van der Waals surface area contributed by atoms with Crippen molar-refractivity contribution in [3.05, 3.63) is 17.0 Å². The fourth-order valence-corrected chi connectivity index (χ4v) is 5.23. The second kappa shape index (κ2) is 7.69. The zero-order valence-corrected chi connectivity index (χ0v) is 14.5. The minimum atomic E-state index is -3.30. The van der Waals surface area contributed by atoms with E-state index in [-0.39, 0.29) is 0 Å². The Morgan fingerprint density at radius 3 is 2.57 bits per heavy atom. The first-order chi connectivity index (χ1) is 10.0. The lowest BCUT2D eigenvalue weighted by molar-refractivity contribution is 0.222. The molecule has 1 aliphatic heterocycles. The third-order valence-corrected chi connectivity index (χ3v) is 7.18. The number of nitrogens with zero attached hydrogens (tertiary/aromatic N) is 2. The van der Waals surface area contributed by atoms with Gasteiger partial charge in [-0.25, -0.2) is 8.42 Å². The van der Waals surface area contributed by atoms with Crippen molar-refractivity contribution >= 4 is 21.4 Å². The Morgan fingerprint density at radius 1 is 1.19 bits per heavy atom. The molecular weight excluding hydrogens is 306 g/mol. The van der Waals surface area contributed by atoms with Crippen molar-refractivity contribution < 1.29 is 8.42 Å². The molecule has 120 valence electrons. The number of hydrogen-bond donors (Lipinski definition) is 1. The van der Waals surface area contributed by atoms with Crippen molar-refractivity contribution in [1.29, 1.82) is 0 Å². The summed E-state index contributed by atoms with van der Waals surface area (Å²) in [6, 6.07) is 3.70. The Balaban J connectivity index is 1.96. The summed E-state index contributed by atoms with van der Waals surface area (Å²) in [4.78, 5) is 3.29. The van der Waals surface area contributed by atoms with Gasteiger partial charge in [-0.1, -0.05) is 6.92 Å². The van der Waals surface area contributed by atoms with Crippen LogP contribution in [0.2, 0.25) is 0 Å². The zero-order chi connectivity index (χ0) is 15.3. The van der Waals surface area contributed by atoms with E-state index in [2.05, 4.69) is 17.1 Å². The SMILES string of the molecule is CCCNCCc1ccc(S(=O)(=O)N2CCN(C)CC2)s1. The van der Waals surface area contributed by atoms with Crippen molar-refractivity contribution in [2.75, 3.05) is 46.3 Å². The highest BCUT2D eigenvalue weighted by Crippen LogP contribution is 2.25. The molecule has 0 bridgehead atoms. The second-order valence-corrected chi connectivity index (χ2v) is 8.76. The third kappa shape index (κ3) is 4.50. The first kappa shape index (κ1) is 16.9. The van der Waals surface area contributed by atoms with E-state index in [0.29, 0.717) is 17.3 Å². The number of hydrogen-bond acceptors (Lipinski definition) is 5. The van der Waals surface area contributed by atoms with Crippen LogP contribution in [0.5, 0.6) is 0 Å². The molecule has 1 N–H and O–H groups in total. The van der Waals surface area contributed by atoms with E-state index < -0.39 is 10.0 Å². The lowest BCUT2D eigenvalue weighted by Gasteiger charge is -2.31. The summed E-state index contributed by atoms with van der Waals surface area (Å²) in [5.41, 5.74) is 0. The predicted octanol–water partition coefficient (Wildman–Crippen LogP) is 1.23. The van der Waals surface area contributed by atoms with Crippen molar-refractivity contribution in [2.45, 2.75) is 24.0 Å². The fraction of sp³-hybridized carbons (Fsp3) is 0.714. The predicted molar refractivity (Wildman–Crippen MR) is 87.4 cm³/mol. The summed E-state index contributed by atoms with van der Waals surface area (Å²) < 4.78 is 27.3. The molecule has 0 aromatic carbocycles. The van der Waals surface area contributed by atoms with Gasteiger partial charge < -0.3 is 10.2 Å². The van der Waals surface area contributed by atoms with Crippen molar-refractivity contribution in [3.63, 3.8) is 0 Å². The summed E-state index contributed by atoms with van der Waals surface area (Å²) in [5.74, 6) is 0. The number of thiophene rings is 1. The van der Waals surface area contributed by atoms with Crippen LogP contribution in [-0.4, -0.2) is 63.9 Å². The van der Waals surface area contributed by atoms with Gasteiger partial charge in [0.1, 0.15) is 4.21 Å². The lowest BCUT2D eigenvalue weighted by atomic mass is 10.3. The van der Waals surface area contributed by atoms with Crippen LogP contribution < -0.4 is 5.32 Å². The molecule has 1 aromatic heterocycles. The molecule has 0 amide bonds. The number of likely N-dealkylation sites (N-methyl/N-ethyl adjacent to an activating group) is 1. The molecule has 2 rings (SSSR count). The van der Waals surface area contributed by atoms with Crippen LogP contribution >= 0.6 is 11.3 Å². The van der Waals surface area contributed by atoms with Gasteiger partial charge in [-0.05, 0) is 45.1 Å². The van der Waals surface area contributed by atoms with Gasteiger partial charge in [-0.3, -0.25) is 0 Å². The van der Waals surface area contributed by atoms with Crippen molar-refractivity contribution in [1.82, 2.24) is 14.5 Å². The summed E-state index contributed by atoms with van der Waals surface area (Å²) in [5, 5.41) is 3.34. The van der Waals surface area contributed by atoms with Gasteiger partial charge >= 0.3 is 0 Å². The average Bonchev–Trinajstić information content (AvgIpc) is 2.94. The van der Waals surface area contributed by atoms with Gasteiger partial charge in [-0.15, -0.1) is 11.3 Å². The highest BCUT2D eigenvalue weighted by molar-refractivity contribution is 7.91. The third-order valence-electron chi connectivity index (χ3n) is 3.67. The molecule has 1 saturated heterocycles. The molecule has 1 aliphatic rings. The minimum Gasteiger partial charge on any atom is -0.316 e. The van der Waals surface area contributed by atoms with E-state index in [4.69, 9.17) is 0 Å². The maximum absolute atomic E-state index is 12.6. The molecule has 0 radical (unpaired) electrons. The van der Waals surface area contributed by atoms with E-state index in [9.17, 15) is 8.42 Å². The summed E-state index contributed by atoms with van der Waals surface area (Å²) in [6.07, 6.45) is 2.01. The van der Waals surface area contributed by atoms with E-state index in [1.54, 1.807) is 10.4 Å². The van der Waals surface area contributed by atoms with Crippen LogP contribution in [0, 0.1) is 0 Å². The van der Waals surface area contributed by atoms with Gasteiger partial charge in [0.05, 0.1) is 0 Å². The smallest absolute Gasteiger partial charge is 0.252 e. The Hall–Kier alpha value is -0.470. The monoisotopic (exact) mass is 331 g/mol. The Kier molecular flexibility index (Phi) is 6.19. The molecule has 0 saturated carbocycles. The normalized spacial score (nSPS) is 18.2. The summed E-state index contributed by atoms with van der Waals surface area (Å²) >= 11 is 1.41. The maximum atomic E-state index is 12.6. The van der Waals surface area contributed by atoms with Gasteiger partial charge in [0.15, 0.2) is 0 Å². The van der Waals surface area contributed by atoms with Gasteiger partial charge in [0.2, 0.25) is 0 Å². The molecule has 2 heterocycles. The number of sulfonamides is 1. The molecule has 1 aromatic rings. The highest BCUT2D eigenvalue weighted by atomic mass is 32.2. The van der Waals surface area contributed by atoms with E-state index in [1.807, 2.05) is 13.1 Å². The first-order valence-corrected chi connectivity index (χ1v) is 9.78. The zero-order valence-electron chi connectivity index (χ0n) is 12.8. The van der Waals surface area contributed by atoms with Crippen LogP contribution in [-0.2, 0) is 16.4 Å². The summed E-state index contributed by atoms with van der Waals surface area (Å²) in [7, 11) is -1.27. The molecular formula is C14H25N3O2S2. The Bertz CT molecular complexity index is 534. The van der Waals surface area contributed by atoms with Crippen LogP contribution in [0.4, 0.5) is 0 Å². The number of nitrogens with one attached hydrogen (secondary N) is 1. The van der Waals surface area contributed by atoms with Gasteiger partial charge in [0.25, 0.3) is 10.0 Å². The largest absolute Gasteiger partial charge is 0.316 e. The molecule has 21 heavy (non-hydrogen) atoms. The van der Waals surface area contributed by atoms with Crippen LogP contribution in [0.1, 0.15) is 18.2 Å². The Labute approximate surface area is 132 Å². The average molecular weight is 332 g/mol. The van der Waals surface area contributed by atoms with Crippen LogP contribution in [0.25, 0.3) is 0 Å². The number of rotatable bonds is 7. The molecule has 7 heteroatoms. The van der Waals surface area contributed by atoms with Gasteiger partial charge in [0, 0.05) is 31.1 Å². The fourth-order valence-electron chi connectivity index (χ4n) is 2.30. The molecule has 0 unspecified atom stereocenters. The maximum Gasteiger partial charge on any atom is 0.252 e. The quantitative estimate of drug-likeness (QED) is 0.764. The minimum absolute atomic E-state index is 0.484. The first-order valence-electron chi connectivity index (χ1n) is 7.52. The molecule has 0 atom stereocenters. The highest BCUT2D eigenvalue weighted by Gasteiger charge is 2.28. The van der Waals surface area contributed by atoms with E-state index in [0.717, 1.165) is 43.9 Å². The molecule has 5 nitrogen and oxygen atoms in total. The number of piperazine rings is 1. The molecule has 0 spiro atoms. The van der Waals surface area contributed by atoms with Crippen molar-refractivity contribution in [3.8, 4) is 0 Å². The molecule has 1 fully saturated rings. The molecule has 0 aliphatic carbocycles. The van der Waals surface area contributed by atoms with Crippen LogP contribution in [0.3, 0.4) is 0 Å². The van der Waals surface area contributed by atoms with Gasteiger partial charge in [-0.2, -0.15) is 4.31 Å².